The van der Waals surface area contributed by atoms with E-state index in [4.69, 9.17) is 0 Å². The van der Waals surface area contributed by atoms with Gasteiger partial charge < -0.3 is 15.2 Å². The van der Waals surface area contributed by atoms with Crippen molar-refractivity contribution in [3.05, 3.63) is 22.7 Å². The van der Waals surface area contributed by atoms with E-state index >= 15 is 0 Å². The Balaban J connectivity index is 1.85. The second-order valence-electron chi connectivity index (χ2n) is 4.43. The highest BCUT2D eigenvalue weighted by Gasteiger charge is 2.19. The van der Waals surface area contributed by atoms with Crippen LogP contribution in [0.5, 0.6) is 0 Å². The van der Waals surface area contributed by atoms with Gasteiger partial charge in [-0.1, -0.05) is 6.92 Å². The van der Waals surface area contributed by atoms with Gasteiger partial charge in [-0.2, -0.15) is 0 Å². The summed E-state index contributed by atoms with van der Waals surface area (Å²) in [7, 11) is 0. The molecule has 1 aromatic rings. The minimum absolute atomic E-state index is 0.0271. The highest BCUT2D eigenvalue weighted by molar-refractivity contribution is 5.30. The van der Waals surface area contributed by atoms with Gasteiger partial charge in [0.25, 0.3) is 5.56 Å². The molecule has 94 valence electrons. The minimum Gasteiger partial charge on any atom is -0.364 e. The first-order valence-corrected chi connectivity index (χ1v) is 6.34. The Morgan fingerprint density at radius 3 is 3.00 bits per heavy atom. The van der Waals surface area contributed by atoms with E-state index in [9.17, 15) is 4.79 Å². The summed E-state index contributed by atoms with van der Waals surface area (Å²) in [5, 5.41) is 6.47. The number of aryl methyl sites for hydroxylation is 1. The molecule has 1 saturated carbocycles. The molecule has 0 bridgehead atoms. The molecule has 5 heteroatoms. The molecular weight excluding hydrogens is 216 g/mol. The Bertz CT molecular complexity index is 411. The van der Waals surface area contributed by atoms with Crippen LogP contribution in [0.1, 0.15) is 26.2 Å². The first kappa shape index (κ1) is 12.1. The largest absolute Gasteiger partial charge is 0.364 e. The number of aromatic nitrogens is 2. The van der Waals surface area contributed by atoms with Gasteiger partial charge in [0.2, 0.25) is 0 Å². The van der Waals surface area contributed by atoms with Gasteiger partial charge >= 0.3 is 0 Å². The van der Waals surface area contributed by atoms with E-state index < -0.39 is 0 Å². The Hall–Kier alpha value is -1.36. The molecular formula is C12H20N4O. The van der Waals surface area contributed by atoms with Crippen LogP contribution in [0.15, 0.2) is 17.2 Å². The SMILES string of the molecule is CCCn1ccnc(NCCNC2CC2)c1=O. The van der Waals surface area contributed by atoms with Crippen LogP contribution in [0.3, 0.4) is 0 Å². The molecule has 17 heavy (non-hydrogen) atoms. The summed E-state index contributed by atoms with van der Waals surface area (Å²) < 4.78 is 1.70. The zero-order valence-electron chi connectivity index (χ0n) is 10.3. The fraction of sp³-hybridized carbons (Fsp3) is 0.667. The molecule has 1 aliphatic rings. The van der Waals surface area contributed by atoms with Crippen molar-refractivity contribution in [1.82, 2.24) is 14.9 Å². The summed E-state index contributed by atoms with van der Waals surface area (Å²) in [4.78, 5) is 16.0. The van der Waals surface area contributed by atoms with Crippen LogP contribution in [0, 0.1) is 0 Å². The third kappa shape index (κ3) is 3.56. The van der Waals surface area contributed by atoms with E-state index in [1.54, 1.807) is 17.0 Å². The molecule has 1 aliphatic carbocycles. The summed E-state index contributed by atoms with van der Waals surface area (Å²) in [6.45, 7) is 4.43. The fourth-order valence-electron chi connectivity index (χ4n) is 1.73. The molecule has 1 heterocycles. The first-order valence-electron chi connectivity index (χ1n) is 6.34. The fourth-order valence-corrected chi connectivity index (χ4v) is 1.73. The van der Waals surface area contributed by atoms with Crippen LogP contribution >= 0.6 is 0 Å². The summed E-state index contributed by atoms with van der Waals surface area (Å²) in [5.74, 6) is 0.457. The number of anilines is 1. The second kappa shape index (κ2) is 5.82. The van der Waals surface area contributed by atoms with Crippen molar-refractivity contribution in [3.63, 3.8) is 0 Å². The average molecular weight is 236 g/mol. The molecule has 0 spiro atoms. The minimum atomic E-state index is -0.0271. The molecule has 1 aromatic heterocycles. The summed E-state index contributed by atoms with van der Waals surface area (Å²) in [5.41, 5.74) is -0.0271. The Morgan fingerprint density at radius 1 is 1.47 bits per heavy atom. The highest BCUT2D eigenvalue weighted by atomic mass is 16.1. The predicted octanol–water partition coefficient (Wildman–Crippen LogP) is 0.817. The molecule has 0 aromatic carbocycles. The maximum absolute atomic E-state index is 11.9. The third-order valence-electron chi connectivity index (χ3n) is 2.81. The van der Waals surface area contributed by atoms with Gasteiger partial charge in [0.15, 0.2) is 5.82 Å². The van der Waals surface area contributed by atoms with Gasteiger partial charge in [-0.15, -0.1) is 0 Å². The predicted molar refractivity (Wildman–Crippen MR) is 68.3 cm³/mol. The van der Waals surface area contributed by atoms with Gasteiger partial charge in [-0.25, -0.2) is 4.98 Å². The first-order chi connectivity index (χ1) is 8.31. The zero-order valence-corrected chi connectivity index (χ0v) is 10.3. The monoisotopic (exact) mass is 236 g/mol. The van der Waals surface area contributed by atoms with E-state index in [1.165, 1.54) is 12.8 Å². The molecule has 2 N–H and O–H groups in total. The van der Waals surface area contributed by atoms with Crippen molar-refractivity contribution in [1.29, 1.82) is 0 Å². The lowest BCUT2D eigenvalue weighted by atomic mass is 10.4. The summed E-state index contributed by atoms with van der Waals surface area (Å²) in [6, 6.07) is 0.706. The van der Waals surface area contributed by atoms with Gasteiger partial charge in [0.1, 0.15) is 0 Å². The van der Waals surface area contributed by atoms with Crippen LogP contribution < -0.4 is 16.2 Å². The highest BCUT2D eigenvalue weighted by Crippen LogP contribution is 2.17. The topological polar surface area (TPSA) is 59.0 Å². The summed E-state index contributed by atoms with van der Waals surface area (Å²) >= 11 is 0. The number of nitrogens with one attached hydrogen (secondary N) is 2. The number of nitrogens with zero attached hydrogens (tertiary/aromatic N) is 2. The number of rotatable bonds is 7. The van der Waals surface area contributed by atoms with Crippen LogP contribution in [-0.4, -0.2) is 28.7 Å². The van der Waals surface area contributed by atoms with Crippen LogP contribution in [0.4, 0.5) is 5.82 Å². The molecule has 0 saturated heterocycles. The van der Waals surface area contributed by atoms with Gasteiger partial charge in [0, 0.05) is 38.1 Å². The van der Waals surface area contributed by atoms with Crippen LogP contribution in [-0.2, 0) is 6.54 Å². The maximum Gasteiger partial charge on any atom is 0.293 e. The molecule has 0 aliphatic heterocycles. The van der Waals surface area contributed by atoms with E-state index in [2.05, 4.69) is 22.5 Å². The molecule has 0 radical (unpaired) electrons. The molecule has 0 atom stereocenters. The molecule has 0 amide bonds. The second-order valence-corrected chi connectivity index (χ2v) is 4.43. The van der Waals surface area contributed by atoms with E-state index in [0.717, 1.165) is 26.1 Å². The molecule has 0 unspecified atom stereocenters. The van der Waals surface area contributed by atoms with Crippen molar-refractivity contribution >= 4 is 5.82 Å². The Kier molecular flexibility index (Phi) is 4.14. The Labute approximate surface area is 101 Å². The van der Waals surface area contributed by atoms with Crippen LogP contribution in [0.25, 0.3) is 0 Å². The van der Waals surface area contributed by atoms with E-state index in [0.29, 0.717) is 11.9 Å². The lowest BCUT2D eigenvalue weighted by molar-refractivity contribution is 0.647. The lowest BCUT2D eigenvalue weighted by Crippen LogP contribution is -2.29. The molecule has 1 fully saturated rings. The quantitative estimate of drug-likeness (QED) is 0.688. The number of hydrogen-bond donors (Lipinski definition) is 2. The average Bonchev–Trinajstić information content (AvgIpc) is 3.13. The lowest BCUT2D eigenvalue weighted by Gasteiger charge is -2.08. The standard InChI is InChI=1S/C12H20N4O/c1-2-8-16-9-7-15-11(12(16)17)14-6-5-13-10-3-4-10/h7,9-10,13H,2-6,8H2,1H3,(H,14,15). The smallest absolute Gasteiger partial charge is 0.293 e. The van der Waals surface area contributed by atoms with Crippen molar-refractivity contribution in [2.75, 3.05) is 18.4 Å². The van der Waals surface area contributed by atoms with Gasteiger partial charge in [0.05, 0.1) is 0 Å². The summed E-state index contributed by atoms with van der Waals surface area (Å²) in [6.07, 6.45) is 6.93. The number of hydrogen-bond acceptors (Lipinski definition) is 4. The molecule has 2 rings (SSSR count). The van der Waals surface area contributed by atoms with Crippen LogP contribution in [0.2, 0.25) is 0 Å². The normalized spacial score (nSPS) is 14.9. The van der Waals surface area contributed by atoms with Crippen molar-refractivity contribution in [2.45, 2.75) is 38.8 Å². The Morgan fingerprint density at radius 2 is 2.29 bits per heavy atom. The van der Waals surface area contributed by atoms with Crippen molar-refractivity contribution < 1.29 is 0 Å². The van der Waals surface area contributed by atoms with Crippen molar-refractivity contribution in [2.24, 2.45) is 0 Å². The van der Waals surface area contributed by atoms with Gasteiger partial charge in [-0.3, -0.25) is 4.79 Å². The van der Waals surface area contributed by atoms with E-state index in [1.807, 2.05) is 0 Å². The van der Waals surface area contributed by atoms with E-state index in [-0.39, 0.29) is 5.56 Å². The zero-order chi connectivity index (χ0) is 12.1. The third-order valence-corrected chi connectivity index (χ3v) is 2.81. The molecule has 5 nitrogen and oxygen atoms in total. The van der Waals surface area contributed by atoms with Gasteiger partial charge in [-0.05, 0) is 19.3 Å². The maximum atomic E-state index is 11.9. The van der Waals surface area contributed by atoms with Crippen molar-refractivity contribution in [3.8, 4) is 0 Å².